The molecule has 1 aliphatic heterocycles. The van der Waals surface area contributed by atoms with Crippen LogP contribution in [0.2, 0.25) is 0 Å². The van der Waals surface area contributed by atoms with E-state index < -0.39 is 5.97 Å². The third-order valence-electron chi connectivity index (χ3n) is 3.51. The van der Waals surface area contributed by atoms with Crippen molar-refractivity contribution in [2.24, 2.45) is 0 Å². The van der Waals surface area contributed by atoms with Crippen LogP contribution in [0.5, 0.6) is 17.2 Å². The van der Waals surface area contributed by atoms with Crippen molar-refractivity contribution in [2.45, 2.75) is 6.42 Å². The Labute approximate surface area is 138 Å². The van der Waals surface area contributed by atoms with Gasteiger partial charge in [-0.1, -0.05) is 0 Å². The Hall–Kier alpha value is -3.02. The van der Waals surface area contributed by atoms with E-state index in [-0.39, 0.29) is 23.7 Å². The molecule has 6 heteroatoms. The summed E-state index contributed by atoms with van der Waals surface area (Å²) in [7, 11) is 0. The van der Waals surface area contributed by atoms with E-state index in [0.29, 0.717) is 30.3 Å². The minimum atomic E-state index is -0.627. The highest BCUT2D eigenvalue weighted by Crippen LogP contribution is 2.30. The van der Waals surface area contributed by atoms with E-state index in [1.807, 2.05) is 0 Å². The number of ether oxygens (including phenoxy) is 3. The monoisotopic (exact) mass is 328 g/mol. The molecule has 3 rings (SSSR count). The summed E-state index contributed by atoms with van der Waals surface area (Å²) in [5.41, 5.74) is 0.650. The quantitative estimate of drug-likeness (QED) is 0.686. The highest BCUT2D eigenvalue weighted by molar-refractivity contribution is 5.99. The molecule has 0 bridgehead atoms. The van der Waals surface area contributed by atoms with Gasteiger partial charge in [-0.2, -0.15) is 0 Å². The van der Waals surface area contributed by atoms with Gasteiger partial charge < -0.3 is 19.3 Å². The number of fused-ring (bicyclic) bond motifs is 1. The van der Waals surface area contributed by atoms with Crippen molar-refractivity contribution in [2.75, 3.05) is 19.8 Å². The van der Waals surface area contributed by atoms with E-state index in [4.69, 9.17) is 14.2 Å². The van der Waals surface area contributed by atoms with Crippen LogP contribution in [0.3, 0.4) is 0 Å². The van der Waals surface area contributed by atoms with Crippen molar-refractivity contribution in [1.82, 2.24) is 0 Å². The Kier molecular flexibility index (Phi) is 4.65. The molecule has 6 nitrogen and oxygen atoms in total. The van der Waals surface area contributed by atoms with E-state index in [2.05, 4.69) is 0 Å². The highest BCUT2D eigenvalue weighted by Gasteiger charge is 2.16. The SMILES string of the molecule is O=C(COC(=O)c1ccc(O)cc1)c1ccc2c(c1)OCCCO2. The molecule has 124 valence electrons. The van der Waals surface area contributed by atoms with Crippen LogP contribution < -0.4 is 9.47 Å². The molecule has 0 atom stereocenters. The van der Waals surface area contributed by atoms with Crippen LogP contribution in [0.15, 0.2) is 42.5 Å². The first-order valence-corrected chi connectivity index (χ1v) is 7.52. The Bertz CT molecular complexity index is 751. The highest BCUT2D eigenvalue weighted by atomic mass is 16.5. The van der Waals surface area contributed by atoms with Gasteiger partial charge in [0.2, 0.25) is 0 Å². The van der Waals surface area contributed by atoms with Crippen molar-refractivity contribution < 1.29 is 28.9 Å². The fourth-order valence-corrected chi connectivity index (χ4v) is 2.23. The topological polar surface area (TPSA) is 82.1 Å². The number of phenols is 1. The van der Waals surface area contributed by atoms with Gasteiger partial charge in [-0.15, -0.1) is 0 Å². The second kappa shape index (κ2) is 7.04. The number of ketones is 1. The molecular formula is C18H16O6. The summed E-state index contributed by atoms with van der Waals surface area (Å²) in [6, 6.07) is 10.5. The lowest BCUT2D eigenvalue weighted by molar-refractivity contribution is 0.0474. The third kappa shape index (κ3) is 3.65. The summed E-state index contributed by atoms with van der Waals surface area (Å²) in [4.78, 5) is 24.1. The molecule has 0 saturated heterocycles. The number of hydrogen-bond donors (Lipinski definition) is 1. The Morgan fingerprint density at radius 1 is 0.958 bits per heavy atom. The molecule has 0 aromatic heterocycles. The minimum absolute atomic E-state index is 0.0508. The van der Waals surface area contributed by atoms with E-state index in [0.717, 1.165) is 6.42 Å². The average Bonchev–Trinajstić information content (AvgIpc) is 2.84. The molecule has 24 heavy (non-hydrogen) atoms. The average molecular weight is 328 g/mol. The van der Waals surface area contributed by atoms with E-state index in [9.17, 15) is 14.7 Å². The van der Waals surface area contributed by atoms with Gasteiger partial charge in [0.1, 0.15) is 5.75 Å². The number of Topliss-reactive ketones (excluding diaryl/α,β-unsaturated/α-hetero) is 1. The fraction of sp³-hybridized carbons (Fsp3) is 0.222. The molecule has 0 saturated carbocycles. The normalized spacial score (nSPS) is 13.0. The summed E-state index contributed by atoms with van der Waals surface area (Å²) < 4.78 is 16.1. The van der Waals surface area contributed by atoms with Crippen LogP contribution in [0.4, 0.5) is 0 Å². The van der Waals surface area contributed by atoms with Gasteiger partial charge in [0.15, 0.2) is 23.9 Å². The molecule has 1 aliphatic rings. The van der Waals surface area contributed by atoms with Crippen LogP contribution in [0, 0.1) is 0 Å². The molecule has 1 heterocycles. The van der Waals surface area contributed by atoms with E-state index in [1.54, 1.807) is 18.2 Å². The van der Waals surface area contributed by atoms with Gasteiger partial charge in [-0.05, 0) is 42.5 Å². The van der Waals surface area contributed by atoms with E-state index >= 15 is 0 Å². The maximum Gasteiger partial charge on any atom is 0.338 e. The predicted molar refractivity (Wildman–Crippen MR) is 84.8 cm³/mol. The lowest BCUT2D eigenvalue weighted by Gasteiger charge is -2.09. The maximum absolute atomic E-state index is 12.2. The zero-order chi connectivity index (χ0) is 16.9. The first kappa shape index (κ1) is 15.9. The summed E-state index contributed by atoms with van der Waals surface area (Å²) in [5, 5.41) is 9.19. The lowest BCUT2D eigenvalue weighted by Crippen LogP contribution is -2.14. The maximum atomic E-state index is 12.2. The van der Waals surface area contributed by atoms with Gasteiger partial charge in [-0.25, -0.2) is 4.79 Å². The smallest absolute Gasteiger partial charge is 0.338 e. The Morgan fingerprint density at radius 2 is 1.62 bits per heavy atom. The Balaban J connectivity index is 1.63. The van der Waals surface area contributed by atoms with Crippen LogP contribution in [-0.4, -0.2) is 36.7 Å². The van der Waals surface area contributed by atoms with Crippen LogP contribution >= 0.6 is 0 Å². The van der Waals surface area contributed by atoms with Gasteiger partial charge in [0, 0.05) is 12.0 Å². The van der Waals surface area contributed by atoms with Crippen LogP contribution in [-0.2, 0) is 4.74 Å². The third-order valence-corrected chi connectivity index (χ3v) is 3.51. The van der Waals surface area contributed by atoms with Gasteiger partial charge in [0.25, 0.3) is 0 Å². The van der Waals surface area contributed by atoms with E-state index in [1.165, 1.54) is 24.3 Å². The summed E-state index contributed by atoms with van der Waals surface area (Å²) in [5.74, 6) is 0.207. The lowest BCUT2D eigenvalue weighted by atomic mass is 10.1. The van der Waals surface area contributed by atoms with Crippen molar-refractivity contribution >= 4 is 11.8 Å². The number of rotatable bonds is 4. The molecule has 2 aromatic rings. The minimum Gasteiger partial charge on any atom is -0.508 e. The number of carbonyl (C=O) groups is 2. The molecule has 0 unspecified atom stereocenters. The summed E-state index contributed by atoms with van der Waals surface area (Å²) >= 11 is 0. The first-order chi connectivity index (χ1) is 11.6. The number of benzene rings is 2. The van der Waals surface area contributed by atoms with Crippen molar-refractivity contribution in [3.8, 4) is 17.2 Å². The molecule has 0 radical (unpaired) electrons. The molecule has 2 aromatic carbocycles. The number of esters is 1. The van der Waals surface area contributed by atoms with Gasteiger partial charge in [-0.3, -0.25) is 4.79 Å². The number of carbonyl (C=O) groups excluding carboxylic acids is 2. The van der Waals surface area contributed by atoms with Gasteiger partial charge in [0.05, 0.1) is 18.8 Å². The second-order valence-electron chi connectivity index (χ2n) is 5.26. The summed E-state index contributed by atoms with van der Waals surface area (Å²) in [6.07, 6.45) is 0.780. The molecule has 0 fully saturated rings. The fourth-order valence-electron chi connectivity index (χ4n) is 2.23. The molecule has 0 aliphatic carbocycles. The van der Waals surface area contributed by atoms with Crippen molar-refractivity contribution in [3.63, 3.8) is 0 Å². The summed E-state index contributed by atoms with van der Waals surface area (Å²) in [6.45, 7) is 0.727. The molecule has 0 spiro atoms. The number of aromatic hydroxyl groups is 1. The van der Waals surface area contributed by atoms with Crippen molar-refractivity contribution in [3.05, 3.63) is 53.6 Å². The van der Waals surface area contributed by atoms with Gasteiger partial charge >= 0.3 is 5.97 Å². The second-order valence-corrected chi connectivity index (χ2v) is 5.26. The predicted octanol–water partition coefficient (Wildman–Crippen LogP) is 2.59. The largest absolute Gasteiger partial charge is 0.508 e. The van der Waals surface area contributed by atoms with Crippen molar-refractivity contribution in [1.29, 1.82) is 0 Å². The molecule has 1 N–H and O–H groups in total. The standard InChI is InChI=1S/C18H16O6/c19-14-5-2-12(3-6-14)18(21)24-11-15(20)13-4-7-16-17(10-13)23-9-1-8-22-16/h2-7,10,19H,1,8-9,11H2. The Morgan fingerprint density at radius 3 is 2.38 bits per heavy atom. The zero-order valence-corrected chi connectivity index (χ0v) is 12.9. The molecule has 0 amide bonds. The first-order valence-electron chi connectivity index (χ1n) is 7.52. The number of phenolic OH excluding ortho intramolecular Hbond substituents is 1. The molecular weight excluding hydrogens is 312 g/mol. The number of hydrogen-bond acceptors (Lipinski definition) is 6. The zero-order valence-electron chi connectivity index (χ0n) is 12.9. The van der Waals surface area contributed by atoms with Crippen LogP contribution in [0.1, 0.15) is 27.1 Å². The van der Waals surface area contributed by atoms with Crippen LogP contribution in [0.25, 0.3) is 0 Å².